The molecule has 1 aromatic carbocycles. The lowest BCUT2D eigenvalue weighted by Crippen LogP contribution is -2.28. The maximum atomic E-state index is 6.24. The molecular weight excluding hydrogens is 267 g/mol. The summed E-state index contributed by atoms with van der Waals surface area (Å²) in [6.45, 7) is 1.96. The van der Waals surface area contributed by atoms with Crippen LogP contribution < -0.4 is 0 Å². The van der Waals surface area contributed by atoms with Gasteiger partial charge >= 0.3 is 0 Å². The van der Waals surface area contributed by atoms with Gasteiger partial charge in [0.15, 0.2) is 0 Å². The highest BCUT2D eigenvalue weighted by Crippen LogP contribution is 2.31. The van der Waals surface area contributed by atoms with Crippen LogP contribution in [-0.4, -0.2) is 23.5 Å². The minimum absolute atomic E-state index is 0.509. The molecule has 0 unspecified atom stereocenters. The number of hydrogen-bond donors (Lipinski definition) is 0. The van der Waals surface area contributed by atoms with Crippen LogP contribution in [0.4, 0.5) is 0 Å². The second-order valence-corrected chi connectivity index (χ2v) is 5.45. The van der Waals surface area contributed by atoms with Gasteiger partial charge < -0.3 is 4.90 Å². The molecule has 0 N–H and O–H groups in total. The van der Waals surface area contributed by atoms with E-state index in [1.807, 2.05) is 12.1 Å². The van der Waals surface area contributed by atoms with Gasteiger partial charge in [0.05, 0.1) is 10.5 Å². The van der Waals surface area contributed by atoms with Gasteiger partial charge in [-0.05, 0) is 24.2 Å². The quantitative estimate of drug-likeness (QED) is 0.742. The minimum atomic E-state index is 0.509. The average Bonchev–Trinajstić information content (AvgIpc) is 2.37. The average molecular weight is 281 g/mol. The van der Waals surface area contributed by atoms with E-state index >= 15 is 0 Å². The largest absolute Gasteiger partial charge is 0.302 e. The van der Waals surface area contributed by atoms with E-state index in [1.165, 1.54) is 11.1 Å². The van der Waals surface area contributed by atoms with Crippen LogP contribution in [0.3, 0.4) is 0 Å². The van der Waals surface area contributed by atoms with Crippen LogP contribution in [-0.2, 0) is 18.8 Å². The fraction of sp³-hybridized carbons (Fsp3) is 0.357. The summed E-state index contributed by atoms with van der Waals surface area (Å²) < 4.78 is 0. The van der Waals surface area contributed by atoms with E-state index in [2.05, 4.69) is 18.0 Å². The molecule has 0 saturated heterocycles. The molecule has 2 nitrogen and oxygen atoms in total. The van der Waals surface area contributed by atoms with Crippen molar-refractivity contribution in [3.8, 4) is 0 Å². The molecule has 2 heterocycles. The highest BCUT2D eigenvalue weighted by molar-refractivity contribution is 6.35. The Hall–Kier alpha value is -0.830. The molecule has 18 heavy (non-hydrogen) atoms. The van der Waals surface area contributed by atoms with Crippen molar-refractivity contribution in [3.63, 3.8) is 0 Å². The van der Waals surface area contributed by atoms with Gasteiger partial charge in [0.2, 0.25) is 0 Å². The van der Waals surface area contributed by atoms with Crippen LogP contribution in [0.2, 0.25) is 5.02 Å². The van der Waals surface area contributed by atoms with Crippen molar-refractivity contribution in [1.82, 2.24) is 9.88 Å². The van der Waals surface area contributed by atoms with Crippen molar-refractivity contribution >= 4 is 34.1 Å². The Balaban J connectivity index is 2.34. The Kier molecular flexibility index (Phi) is 3.18. The van der Waals surface area contributed by atoms with E-state index in [-0.39, 0.29) is 0 Å². The van der Waals surface area contributed by atoms with Gasteiger partial charge in [-0.15, -0.1) is 11.6 Å². The maximum absolute atomic E-state index is 6.24. The van der Waals surface area contributed by atoms with Crippen molar-refractivity contribution in [3.05, 3.63) is 40.0 Å². The molecule has 3 rings (SSSR count). The molecule has 0 spiro atoms. The zero-order valence-corrected chi connectivity index (χ0v) is 11.7. The number of benzene rings is 1. The Bertz CT molecular complexity index is 610. The van der Waals surface area contributed by atoms with Crippen molar-refractivity contribution < 1.29 is 0 Å². The molecule has 0 atom stereocenters. The number of nitrogens with zero attached hydrogens (tertiary/aromatic N) is 2. The van der Waals surface area contributed by atoms with E-state index in [0.717, 1.165) is 36.1 Å². The maximum Gasteiger partial charge on any atom is 0.0894 e. The van der Waals surface area contributed by atoms with E-state index in [1.54, 1.807) is 0 Å². The van der Waals surface area contributed by atoms with Crippen LogP contribution in [0.1, 0.15) is 16.8 Å². The summed E-state index contributed by atoms with van der Waals surface area (Å²) in [5.74, 6) is 0.509. The van der Waals surface area contributed by atoms with Gasteiger partial charge in [-0.1, -0.05) is 23.7 Å². The molecule has 1 aromatic heterocycles. The summed E-state index contributed by atoms with van der Waals surface area (Å²) in [5.41, 5.74) is 4.52. The monoisotopic (exact) mass is 280 g/mol. The van der Waals surface area contributed by atoms with Crippen molar-refractivity contribution in [2.75, 3.05) is 13.6 Å². The number of alkyl halides is 1. The van der Waals surface area contributed by atoms with Crippen molar-refractivity contribution in [1.29, 1.82) is 0 Å². The first-order valence-electron chi connectivity index (χ1n) is 6.04. The van der Waals surface area contributed by atoms with E-state index in [9.17, 15) is 0 Å². The van der Waals surface area contributed by atoms with Crippen LogP contribution in [0.15, 0.2) is 18.2 Å². The minimum Gasteiger partial charge on any atom is -0.302 e. The van der Waals surface area contributed by atoms with Crippen LogP contribution in [0.5, 0.6) is 0 Å². The molecule has 0 amide bonds. The Morgan fingerprint density at radius 2 is 2.22 bits per heavy atom. The zero-order valence-electron chi connectivity index (χ0n) is 10.2. The lowest BCUT2D eigenvalue weighted by atomic mass is 9.97. The van der Waals surface area contributed by atoms with E-state index in [0.29, 0.717) is 10.9 Å². The Morgan fingerprint density at radius 1 is 1.39 bits per heavy atom. The molecule has 2 aromatic rings. The lowest BCUT2D eigenvalue weighted by molar-refractivity contribution is 0.309. The third-order valence-corrected chi connectivity index (χ3v) is 4.14. The molecule has 94 valence electrons. The smallest absolute Gasteiger partial charge is 0.0894 e. The number of hydrogen-bond acceptors (Lipinski definition) is 2. The fourth-order valence-corrected chi connectivity index (χ4v) is 3.13. The predicted octanol–water partition coefficient (Wildman–Crippen LogP) is 3.61. The van der Waals surface area contributed by atoms with Gasteiger partial charge in [-0.25, -0.2) is 0 Å². The molecule has 1 aliphatic rings. The van der Waals surface area contributed by atoms with Crippen LogP contribution >= 0.6 is 23.2 Å². The van der Waals surface area contributed by atoms with E-state index < -0.39 is 0 Å². The number of likely N-dealkylation sites (N-methyl/N-ethyl adjacent to an activating group) is 1. The number of para-hydroxylation sites is 1. The number of pyridine rings is 1. The van der Waals surface area contributed by atoms with Crippen molar-refractivity contribution in [2.45, 2.75) is 18.8 Å². The summed E-state index contributed by atoms with van der Waals surface area (Å²) in [6.07, 6.45) is 0.969. The van der Waals surface area contributed by atoms with Crippen molar-refractivity contribution in [2.24, 2.45) is 0 Å². The number of aromatic nitrogens is 1. The second-order valence-electron chi connectivity index (χ2n) is 4.77. The first kappa shape index (κ1) is 12.2. The molecular formula is C14H14Cl2N2. The molecule has 0 fully saturated rings. The highest BCUT2D eigenvalue weighted by Gasteiger charge is 2.20. The summed E-state index contributed by atoms with van der Waals surface area (Å²) >= 11 is 12.4. The molecule has 0 radical (unpaired) electrons. The van der Waals surface area contributed by atoms with Crippen LogP contribution in [0, 0.1) is 0 Å². The number of rotatable bonds is 1. The normalized spacial score (nSPS) is 15.9. The summed E-state index contributed by atoms with van der Waals surface area (Å²) in [6, 6.07) is 5.90. The fourth-order valence-electron chi connectivity index (χ4n) is 2.60. The standard InChI is InChI=1S/C14H14Cl2N2/c1-18-6-5-13-11(8-18)10(7-15)9-3-2-4-12(16)14(9)17-13/h2-4H,5-8H2,1H3. The summed E-state index contributed by atoms with van der Waals surface area (Å²) in [5, 5.41) is 1.80. The topological polar surface area (TPSA) is 16.1 Å². The van der Waals surface area contributed by atoms with Gasteiger partial charge in [0.25, 0.3) is 0 Å². The molecule has 4 heteroatoms. The first-order chi connectivity index (χ1) is 8.70. The second kappa shape index (κ2) is 4.69. The van der Waals surface area contributed by atoms with E-state index in [4.69, 9.17) is 28.2 Å². The zero-order chi connectivity index (χ0) is 12.7. The van der Waals surface area contributed by atoms with Gasteiger partial charge in [-0.3, -0.25) is 4.98 Å². The molecule has 0 saturated carbocycles. The highest BCUT2D eigenvalue weighted by atomic mass is 35.5. The Labute approximate surface area is 117 Å². The van der Waals surface area contributed by atoms with Gasteiger partial charge in [-0.2, -0.15) is 0 Å². The van der Waals surface area contributed by atoms with Gasteiger partial charge in [0.1, 0.15) is 0 Å². The molecule has 0 aliphatic carbocycles. The molecule has 0 bridgehead atoms. The Morgan fingerprint density at radius 3 is 3.00 bits per heavy atom. The third kappa shape index (κ3) is 1.89. The summed E-state index contributed by atoms with van der Waals surface area (Å²) in [4.78, 5) is 7.04. The SMILES string of the molecule is CN1CCc2nc3c(Cl)cccc3c(CCl)c2C1. The number of fused-ring (bicyclic) bond motifs is 2. The lowest BCUT2D eigenvalue weighted by Gasteiger charge is -2.27. The third-order valence-electron chi connectivity index (χ3n) is 3.56. The molecule has 1 aliphatic heterocycles. The summed E-state index contributed by atoms with van der Waals surface area (Å²) in [7, 11) is 2.13. The number of halogens is 2. The predicted molar refractivity (Wildman–Crippen MR) is 76.3 cm³/mol. The van der Waals surface area contributed by atoms with Gasteiger partial charge in [0, 0.05) is 36.5 Å². The van der Waals surface area contributed by atoms with Crippen LogP contribution in [0.25, 0.3) is 10.9 Å². The first-order valence-corrected chi connectivity index (χ1v) is 6.95.